The van der Waals surface area contributed by atoms with Crippen LogP contribution in [0, 0.1) is 0 Å². The fourth-order valence-electron chi connectivity index (χ4n) is 4.72. The first-order valence-corrected chi connectivity index (χ1v) is 12.8. The van der Waals surface area contributed by atoms with Crippen LogP contribution in [0.15, 0.2) is 102 Å². The molecule has 138 valence electrons. The van der Waals surface area contributed by atoms with Crippen LogP contribution >= 0.6 is 6.04 Å². The molecule has 0 nitrogen and oxygen atoms in total. The highest BCUT2D eigenvalue weighted by Gasteiger charge is 2.41. The zero-order valence-electron chi connectivity index (χ0n) is 15.8. The summed E-state index contributed by atoms with van der Waals surface area (Å²) >= 11 is 6.75. The summed E-state index contributed by atoms with van der Waals surface area (Å²) in [5.74, 6) is 0. The first-order valence-electron chi connectivity index (χ1n) is 10.0. The molecule has 0 saturated heterocycles. The summed E-state index contributed by atoms with van der Waals surface area (Å²) in [7, 11) is 0. The molecule has 0 spiro atoms. The molecule has 3 aromatic rings. The highest BCUT2D eigenvalue weighted by molar-refractivity contribution is 8.28. The van der Waals surface area contributed by atoms with Gasteiger partial charge in [-0.1, -0.05) is 103 Å². The smallest absolute Gasteiger partial charge is 0.0396 e. The lowest BCUT2D eigenvalue weighted by atomic mass is 9.87. The van der Waals surface area contributed by atoms with Gasteiger partial charge in [0.2, 0.25) is 0 Å². The molecule has 28 heavy (non-hydrogen) atoms. The molecule has 1 heterocycles. The summed E-state index contributed by atoms with van der Waals surface area (Å²) < 4.78 is 0. The van der Waals surface area contributed by atoms with Gasteiger partial charge in [0, 0.05) is 16.7 Å². The van der Waals surface area contributed by atoms with Gasteiger partial charge in [0.05, 0.1) is 0 Å². The van der Waals surface area contributed by atoms with E-state index in [1.807, 2.05) is 0 Å². The second-order valence-electron chi connectivity index (χ2n) is 7.54. The van der Waals surface area contributed by atoms with Crippen LogP contribution in [0.4, 0.5) is 0 Å². The maximum Gasteiger partial charge on any atom is 0.0396 e. The van der Waals surface area contributed by atoms with Crippen LogP contribution < -0.4 is 5.30 Å². The van der Waals surface area contributed by atoms with E-state index in [2.05, 4.69) is 91.0 Å². The van der Waals surface area contributed by atoms with Crippen molar-refractivity contribution in [1.82, 2.24) is 0 Å². The summed E-state index contributed by atoms with van der Waals surface area (Å²) in [6, 6.07) is 30.6. The normalized spacial score (nSPS) is 18.3. The summed E-state index contributed by atoms with van der Waals surface area (Å²) in [5, 5.41) is 4.21. The van der Waals surface area contributed by atoms with Crippen LogP contribution in [-0.2, 0) is 11.8 Å². The minimum Gasteiger partial charge on any atom is -0.0825 e. The molecule has 1 fully saturated rings. The van der Waals surface area contributed by atoms with Gasteiger partial charge in [0.1, 0.15) is 0 Å². The Hall–Kier alpha value is -2.21. The van der Waals surface area contributed by atoms with Crippen molar-refractivity contribution in [2.45, 2.75) is 25.7 Å². The van der Waals surface area contributed by atoms with Gasteiger partial charge in [-0.3, -0.25) is 0 Å². The average Bonchev–Trinajstić information content (AvgIpc) is 3.05. The molecule has 1 saturated carbocycles. The Morgan fingerprint density at radius 1 is 0.536 bits per heavy atom. The van der Waals surface area contributed by atoms with Gasteiger partial charge in [-0.05, 0) is 53.3 Å². The van der Waals surface area contributed by atoms with Crippen LogP contribution in [0.2, 0.25) is 0 Å². The molecular weight excluding hydrogens is 375 g/mol. The van der Waals surface area contributed by atoms with Crippen LogP contribution in [0.3, 0.4) is 0 Å². The molecule has 1 aliphatic carbocycles. The van der Waals surface area contributed by atoms with Crippen LogP contribution in [-0.4, -0.2) is 0 Å². The summed E-state index contributed by atoms with van der Waals surface area (Å²) in [6.07, 6.45) is 4.84. The number of fused-ring (bicyclic) bond motifs is 1. The maximum atomic E-state index is 6.75. The van der Waals surface area contributed by atoms with E-state index in [4.69, 9.17) is 11.8 Å². The monoisotopic (exact) mass is 398 g/mol. The van der Waals surface area contributed by atoms with E-state index >= 15 is 0 Å². The lowest BCUT2D eigenvalue weighted by Gasteiger charge is -2.26. The van der Waals surface area contributed by atoms with Gasteiger partial charge in [-0.2, -0.15) is 0 Å². The van der Waals surface area contributed by atoms with Crippen molar-refractivity contribution in [2.75, 3.05) is 0 Å². The lowest BCUT2D eigenvalue weighted by Crippen LogP contribution is -2.06. The second kappa shape index (κ2) is 7.32. The van der Waals surface area contributed by atoms with Gasteiger partial charge in [-0.15, -0.1) is 0 Å². The molecule has 0 radical (unpaired) electrons. The van der Waals surface area contributed by atoms with E-state index in [9.17, 15) is 0 Å². The van der Waals surface area contributed by atoms with Gasteiger partial charge in [0.25, 0.3) is 0 Å². The van der Waals surface area contributed by atoms with Crippen molar-refractivity contribution < 1.29 is 0 Å². The quantitative estimate of drug-likeness (QED) is 0.420. The molecule has 2 heteroatoms. The van der Waals surface area contributed by atoms with Crippen molar-refractivity contribution in [1.29, 1.82) is 0 Å². The fraction of sp³-hybridized carbons (Fsp3) is 0.154. The van der Waals surface area contributed by atoms with Gasteiger partial charge in [-0.25, -0.2) is 0 Å². The first kappa shape index (κ1) is 17.9. The zero-order valence-corrected chi connectivity index (χ0v) is 17.6. The zero-order chi connectivity index (χ0) is 19.0. The molecule has 5 rings (SSSR count). The van der Waals surface area contributed by atoms with Crippen LogP contribution in [0.25, 0.3) is 10.6 Å². The molecule has 0 N–H and O–H groups in total. The molecule has 0 aromatic heterocycles. The molecule has 0 bridgehead atoms. The highest BCUT2D eigenvalue weighted by Crippen LogP contribution is 2.75. The second-order valence-corrected chi connectivity index (χ2v) is 11.8. The largest absolute Gasteiger partial charge is 0.0825 e. The van der Waals surface area contributed by atoms with E-state index in [1.54, 1.807) is 11.1 Å². The average molecular weight is 399 g/mol. The molecule has 0 amide bonds. The van der Waals surface area contributed by atoms with Gasteiger partial charge >= 0.3 is 0 Å². The third-order valence-corrected chi connectivity index (χ3v) is 11.0. The SMILES string of the molecule is S=P1(c2ccccc2)C(c2ccccc2)=C2CCCCC2=C1c1ccccc1. The number of rotatable bonds is 3. The lowest BCUT2D eigenvalue weighted by molar-refractivity contribution is 0.685. The Labute approximate surface area is 172 Å². The third kappa shape index (κ3) is 2.77. The van der Waals surface area contributed by atoms with E-state index in [1.165, 1.54) is 39.9 Å². The fourth-order valence-corrected chi connectivity index (χ4v) is 9.99. The molecule has 2 aliphatic rings. The first-order chi connectivity index (χ1) is 13.8. The Morgan fingerprint density at radius 3 is 1.36 bits per heavy atom. The highest BCUT2D eigenvalue weighted by atomic mass is 32.4. The maximum absolute atomic E-state index is 6.75. The van der Waals surface area contributed by atoms with Crippen molar-refractivity contribution in [3.63, 3.8) is 0 Å². The van der Waals surface area contributed by atoms with Crippen molar-refractivity contribution in [2.24, 2.45) is 0 Å². The Morgan fingerprint density at radius 2 is 0.929 bits per heavy atom. The van der Waals surface area contributed by atoms with Crippen molar-refractivity contribution >= 4 is 33.8 Å². The van der Waals surface area contributed by atoms with E-state index < -0.39 is 6.04 Å². The predicted molar refractivity (Wildman–Crippen MR) is 126 cm³/mol. The minimum absolute atomic E-state index is 1.15. The van der Waals surface area contributed by atoms with Crippen LogP contribution in [0.1, 0.15) is 36.8 Å². The van der Waals surface area contributed by atoms with E-state index in [-0.39, 0.29) is 0 Å². The van der Waals surface area contributed by atoms with E-state index in [0.29, 0.717) is 0 Å². The Bertz CT molecular complexity index is 1040. The standard InChI is InChI=1S/C26H23PS/c28-27(22-16-8-3-9-17-22)25(20-12-4-1-5-13-20)23-18-10-11-19-24(23)26(27)21-14-6-2-7-15-21/h1-9,12-17H,10-11,18-19H2. The number of hydrogen-bond donors (Lipinski definition) is 0. The predicted octanol–water partition coefficient (Wildman–Crippen LogP) is 7.20. The van der Waals surface area contributed by atoms with E-state index in [0.717, 1.165) is 12.8 Å². The molecular formula is C26H23PS. The van der Waals surface area contributed by atoms with Gasteiger partial charge < -0.3 is 0 Å². The molecule has 1 aliphatic heterocycles. The minimum atomic E-state index is -2.10. The third-order valence-electron chi connectivity index (χ3n) is 5.88. The number of benzene rings is 3. The Kier molecular flexibility index (Phi) is 4.67. The number of hydrogen-bond acceptors (Lipinski definition) is 1. The number of allylic oxidation sites excluding steroid dienone is 2. The molecule has 0 atom stereocenters. The van der Waals surface area contributed by atoms with Crippen molar-refractivity contribution in [3.05, 3.63) is 113 Å². The Balaban J connectivity index is 1.86. The summed E-state index contributed by atoms with van der Waals surface area (Å²) in [4.78, 5) is 0. The topological polar surface area (TPSA) is 0 Å². The molecule has 0 unspecified atom stereocenters. The van der Waals surface area contributed by atoms with Crippen molar-refractivity contribution in [3.8, 4) is 0 Å². The summed E-state index contributed by atoms with van der Waals surface area (Å²) in [6.45, 7) is 0. The van der Waals surface area contributed by atoms with Crippen LogP contribution in [0.5, 0.6) is 0 Å². The molecule has 3 aromatic carbocycles. The summed E-state index contributed by atoms with van der Waals surface area (Å²) in [5.41, 5.74) is 5.72. The van der Waals surface area contributed by atoms with Gasteiger partial charge in [0.15, 0.2) is 0 Å².